The lowest BCUT2D eigenvalue weighted by atomic mass is 9.87. The van der Waals surface area contributed by atoms with E-state index < -0.39 is 0 Å². The Labute approximate surface area is 137 Å². The molecule has 3 aliphatic rings. The number of amides is 2. The van der Waals surface area contributed by atoms with Crippen molar-refractivity contribution >= 4 is 11.8 Å². The van der Waals surface area contributed by atoms with Gasteiger partial charge in [0.15, 0.2) is 0 Å². The summed E-state index contributed by atoms with van der Waals surface area (Å²) in [6.45, 7) is 4.17. The predicted octanol–water partition coefficient (Wildman–Crippen LogP) is -1.01. The highest BCUT2D eigenvalue weighted by Crippen LogP contribution is 2.25. The van der Waals surface area contributed by atoms with Crippen LogP contribution in [-0.4, -0.2) is 63.3 Å². The Morgan fingerprint density at radius 1 is 1.00 bits per heavy atom. The average molecular weight is 324 g/mol. The van der Waals surface area contributed by atoms with E-state index in [0.29, 0.717) is 19.6 Å². The van der Waals surface area contributed by atoms with E-state index in [2.05, 4.69) is 21.3 Å². The summed E-state index contributed by atoms with van der Waals surface area (Å²) in [5.41, 5.74) is 0. The molecule has 3 aliphatic heterocycles. The van der Waals surface area contributed by atoms with E-state index in [4.69, 9.17) is 4.74 Å². The summed E-state index contributed by atoms with van der Waals surface area (Å²) in [6.07, 6.45) is 3.93. The molecular formula is C16H28N4O3. The minimum absolute atomic E-state index is 0.0114. The fourth-order valence-electron chi connectivity index (χ4n) is 3.81. The largest absolute Gasteiger partial charge is 0.375 e. The number of rotatable bonds is 2. The zero-order valence-electron chi connectivity index (χ0n) is 13.6. The molecule has 0 radical (unpaired) electrons. The molecule has 0 spiro atoms. The Morgan fingerprint density at radius 2 is 1.91 bits per heavy atom. The lowest BCUT2D eigenvalue weighted by molar-refractivity contribution is -0.128. The van der Waals surface area contributed by atoms with E-state index in [9.17, 15) is 9.59 Å². The highest BCUT2D eigenvalue weighted by molar-refractivity contribution is 5.81. The molecule has 0 aliphatic carbocycles. The van der Waals surface area contributed by atoms with Gasteiger partial charge in [0.1, 0.15) is 0 Å². The van der Waals surface area contributed by atoms with E-state index in [1.807, 2.05) is 0 Å². The van der Waals surface area contributed by atoms with Crippen LogP contribution in [0.15, 0.2) is 0 Å². The third-order valence-corrected chi connectivity index (χ3v) is 5.14. The maximum atomic E-state index is 12.7. The second-order valence-corrected chi connectivity index (χ2v) is 6.81. The first-order valence-electron chi connectivity index (χ1n) is 8.84. The summed E-state index contributed by atoms with van der Waals surface area (Å²) in [4.78, 5) is 24.2. The molecular weight excluding hydrogens is 296 g/mol. The van der Waals surface area contributed by atoms with Gasteiger partial charge in [-0.25, -0.2) is 0 Å². The molecule has 4 unspecified atom stereocenters. The summed E-state index contributed by atoms with van der Waals surface area (Å²) in [5, 5.41) is 12.6. The summed E-state index contributed by atoms with van der Waals surface area (Å²) >= 11 is 0. The van der Waals surface area contributed by atoms with Gasteiger partial charge in [-0.2, -0.15) is 0 Å². The molecule has 3 rings (SSSR count). The van der Waals surface area contributed by atoms with Gasteiger partial charge in [0.2, 0.25) is 11.8 Å². The molecule has 2 amide bonds. The van der Waals surface area contributed by atoms with Gasteiger partial charge in [-0.15, -0.1) is 0 Å². The van der Waals surface area contributed by atoms with Crippen molar-refractivity contribution in [1.82, 2.24) is 21.3 Å². The first kappa shape index (κ1) is 16.7. The van der Waals surface area contributed by atoms with Crippen LogP contribution in [0, 0.1) is 11.8 Å². The van der Waals surface area contributed by atoms with Crippen molar-refractivity contribution in [3.8, 4) is 0 Å². The number of ether oxygens (including phenoxy) is 1. The van der Waals surface area contributed by atoms with Crippen molar-refractivity contribution in [2.24, 2.45) is 11.8 Å². The summed E-state index contributed by atoms with van der Waals surface area (Å²) in [5.74, 6) is 0.249. The average Bonchev–Trinajstić information content (AvgIpc) is 2.99. The monoisotopic (exact) mass is 324 g/mol. The molecule has 4 atom stereocenters. The molecule has 130 valence electrons. The van der Waals surface area contributed by atoms with Crippen molar-refractivity contribution in [3.05, 3.63) is 0 Å². The molecule has 0 bridgehead atoms. The van der Waals surface area contributed by atoms with Gasteiger partial charge < -0.3 is 26.0 Å². The highest BCUT2D eigenvalue weighted by Gasteiger charge is 2.35. The Morgan fingerprint density at radius 3 is 2.83 bits per heavy atom. The second-order valence-electron chi connectivity index (χ2n) is 6.81. The SMILES string of the molecule is O=C1CNCC(C2CCCC(C3CNCCCO3)NC2=O)CN1. The molecule has 3 heterocycles. The van der Waals surface area contributed by atoms with E-state index in [-0.39, 0.29) is 35.8 Å². The van der Waals surface area contributed by atoms with E-state index in [1.165, 1.54) is 0 Å². The number of carbonyl (C=O) groups excluding carboxylic acids is 2. The van der Waals surface area contributed by atoms with Crippen molar-refractivity contribution < 1.29 is 14.3 Å². The maximum absolute atomic E-state index is 12.7. The quantitative estimate of drug-likeness (QED) is 0.522. The summed E-state index contributed by atoms with van der Waals surface area (Å²) in [7, 11) is 0. The molecule has 0 aromatic rings. The Hall–Kier alpha value is -1.18. The lowest BCUT2D eigenvalue weighted by Crippen LogP contribution is -2.49. The molecule has 0 aromatic carbocycles. The third-order valence-electron chi connectivity index (χ3n) is 5.14. The first-order valence-corrected chi connectivity index (χ1v) is 8.84. The number of hydrogen-bond donors (Lipinski definition) is 4. The van der Waals surface area contributed by atoms with Crippen LogP contribution in [0.3, 0.4) is 0 Å². The zero-order valence-corrected chi connectivity index (χ0v) is 13.6. The third kappa shape index (κ3) is 4.43. The predicted molar refractivity (Wildman–Crippen MR) is 85.9 cm³/mol. The maximum Gasteiger partial charge on any atom is 0.233 e. The van der Waals surface area contributed by atoms with Crippen molar-refractivity contribution in [1.29, 1.82) is 0 Å². The van der Waals surface area contributed by atoms with Crippen LogP contribution in [0.5, 0.6) is 0 Å². The van der Waals surface area contributed by atoms with Crippen molar-refractivity contribution in [3.63, 3.8) is 0 Å². The van der Waals surface area contributed by atoms with E-state index in [0.717, 1.165) is 45.4 Å². The van der Waals surface area contributed by atoms with Crippen LogP contribution >= 0.6 is 0 Å². The van der Waals surface area contributed by atoms with Gasteiger partial charge in [-0.1, -0.05) is 6.42 Å². The van der Waals surface area contributed by atoms with Gasteiger partial charge in [0.25, 0.3) is 0 Å². The number of carbonyl (C=O) groups is 2. The molecule has 7 nitrogen and oxygen atoms in total. The fraction of sp³-hybridized carbons (Fsp3) is 0.875. The smallest absolute Gasteiger partial charge is 0.233 e. The van der Waals surface area contributed by atoms with Crippen LogP contribution in [0.1, 0.15) is 25.7 Å². The lowest BCUT2D eigenvalue weighted by Gasteiger charge is -2.27. The minimum atomic E-state index is -0.0374. The summed E-state index contributed by atoms with van der Waals surface area (Å²) < 4.78 is 5.91. The van der Waals surface area contributed by atoms with Crippen molar-refractivity contribution in [2.45, 2.75) is 37.8 Å². The molecule has 4 N–H and O–H groups in total. The van der Waals surface area contributed by atoms with Crippen LogP contribution in [0.25, 0.3) is 0 Å². The van der Waals surface area contributed by atoms with Gasteiger partial charge >= 0.3 is 0 Å². The molecule has 0 saturated carbocycles. The Kier molecular flexibility index (Phi) is 5.85. The van der Waals surface area contributed by atoms with Gasteiger partial charge in [-0.05, 0) is 25.8 Å². The zero-order chi connectivity index (χ0) is 16.1. The first-order chi connectivity index (χ1) is 11.2. The van der Waals surface area contributed by atoms with E-state index >= 15 is 0 Å². The molecule has 0 aromatic heterocycles. The molecule has 23 heavy (non-hydrogen) atoms. The van der Waals surface area contributed by atoms with Crippen LogP contribution in [0.2, 0.25) is 0 Å². The Balaban J connectivity index is 1.60. The molecule has 3 saturated heterocycles. The van der Waals surface area contributed by atoms with Gasteiger partial charge in [0.05, 0.1) is 18.7 Å². The molecule has 7 heteroatoms. The number of hydrogen-bond acceptors (Lipinski definition) is 5. The second kappa shape index (κ2) is 8.08. The fourth-order valence-corrected chi connectivity index (χ4v) is 3.81. The van der Waals surface area contributed by atoms with Gasteiger partial charge in [-0.3, -0.25) is 9.59 Å². The highest BCUT2D eigenvalue weighted by atomic mass is 16.5. The number of nitrogens with one attached hydrogen (secondary N) is 4. The standard InChI is InChI=1S/C16H28N4O3/c21-15-10-18-7-11(8-19-15)12-3-1-4-13(20-16(12)22)14-9-17-5-2-6-23-14/h11-14,17-18H,1-10H2,(H,19,21)(H,20,22). The normalized spacial score (nSPS) is 37.0. The Bertz CT molecular complexity index is 424. The topological polar surface area (TPSA) is 91.5 Å². The molecule has 3 fully saturated rings. The van der Waals surface area contributed by atoms with Crippen LogP contribution in [0.4, 0.5) is 0 Å². The van der Waals surface area contributed by atoms with Crippen molar-refractivity contribution in [2.75, 3.05) is 39.3 Å². The minimum Gasteiger partial charge on any atom is -0.375 e. The van der Waals surface area contributed by atoms with E-state index in [1.54, 1.807) is 0 Å². The van der Waals surface area contributed by atoms with Gasteiger partial charge in [0, 0.05) is 38.1 Å². The van der Waals surface area contributed by atoms with Crippen LogP contribution in [-0.2, 0) is 14.3 Å². The van der Waals surface area contributed by atoms with Crippen LogP contribution < -0.4 is 21.3 Å². The summed E-state index contributed by atoms with van der Waals surface area (Å²) in [6, 6.07) is 0.0893.